The number of thiophene rings is 1. The van der Waals surface area contributed by atoms with E-state index >= 15 is 0 Å². The SMILES string of the molecule is CCCNC(CSC1CCCCC1)c1cccs1. The molecule has 18 heavy (non-hydrogen) atoms. The molecule has 1 heterocycles. The molecule has 1 aliphatic rings. The third kappa shape index (κ3) is 4.60. The van der Waals surface area contributed by atoms with Gasteiger partial charge in [-0.1, -0.05) is 32.3 Å². The van der Waals surface area contributed by atoms with E-state index < -0.39 is 0 Å². The summed E-state index contributed by atoms with van der Waals surface area (Å²) in [6.45, 7) is 3.38. The summed E-state index contributed by atoms with van der Waals surface area (Å²) >= 11 is 4.09. The zero-order valence-corrected chi connectivity index (χ0v) is 13.0. The molecule has 0 amide bonds. The molecule has 1 atom stereocenters. The molecule has 0 spiro atoms. The Morgan fingerprint density at radius 3 is 2.89 bits per heavy atom. The molecule has 102 valence electrons. The van der Waals surface area contributed by atoms with Crippen molar-refractivity contribution in [3.05, 3.63) is 22.4 Å². The Kier molecular flexibility index (Phi) is 6.60. The molecule has 1 aliphatic carbocycles. The highest BCUT2D eigenvalue weighted by atomic mass is 32.2. The summed E-state index contributed by atoms with van der Waals surface area (Å²) < 4.78 is 0. The highest BCUT2D eigenvalue weighted by Crippen LogP contribution is 2.32. The molecule has 1 N–H and O–H groups in total. The lowest BCUT2D eigenvalue weighted by Crippen LogP contribution is -2.24. The van der Waals surface area contributed by atoms with Crippen LogP contribution >= 0.6 is 23.1 Å². The van der Waals surface area contributed by atoms with Crippen LogP contribution < -0.4 is 5.32 Å². The predicted molar refractivity (Wildman–Crippen MR) is 84.7 cm³/mol. The quantitative estimate of drug-likeness (QED) is 0.767. The van der Waals surface area contributed by atoms with Crippen molar-refractivity contribution in [1.82, 2.24) is 5.32 Å². The molecule has 1 fully saturated rings. The first-order valence-electron chi connectivity index (χ1n) is 7.28. The van der Waals surface area contributed by atoms with Gasteiger partial charge in [0.05, 0.1) is 6.04 Å². The van der Waals surface area contributed by atoms with Crippen molar-refractivity contribution in [2.45, 2.75) is 56.7 Å². The molecule has 0 aliphatic heterocycles. The van der Waals surface area contributed by atoms with E-state index in [4.69, 9.17) is 0 Å². The van der Waals surface area contributed by atoms with E-state index in [0.29, 0.717) is 6.04 Å². The molecule has 1 nitrogen and oxygen atoms in total. The standard InChI is InChI=1S/C15H25NS2/c1-2-10-16-14(15-9-6-11-17-15)12-18-13-7-4-3-5-8-13/h6,9,11,13-14,16H,2-5,7-8,10,12H2,1H3. The van der Waals surface area contributed by atoms with Crippen molar-refractivity contribution >= 4 is 23.1 Å². The summed E-state index contributed by atoms with van der Waals surface area (Å²) in [5, 5.41) is 6.82. The molecule has 1 aromatic rings. The minimum Gasteiger partial charge on any atom is -0.309 e. The molecule has 0 radical (unpaired) electrons. The second kappa shape index (κ2) is 8.23. The van der Waals surface area contributed by atoms with Crippen LogP contribution in [0.1, 0.15) is 56.4 Å². The Morgan fingerprint density at radius 2 is 2.22 bits per heavy atom. The number of nitrogens with one attached hydrogen (secondary N) is 1. The molecule has 2 rings (SSSR count). The first-order chi connectivity index (χ1) is 8.90. The number of hydrogen-bond acceptors (Lipinski definition) is 3. The van der Waals surface area contributed by atoms with E-state index in [1.165, 1.54) is 49.2 Å². The maximum Gasteiger partial charge on any atom is 0.0506 e. The molecule has 0 bridgehead atoms. The zero-order valence-electron chi connectivity index (χ0n) is 11.4. The Labute approximate surface area is 120 Å². The van der Waals surface area contributed by atoms with Crippen LogP contribution in [0.5, 0.6) is 0 Å². The third-order valence-electron chi connectivity index (χ3n) is 3.58. The molecule has 1 aromatic heterocycles. The lowest BCUT2D eigenvalue weighted by Gasteiger charge is -2.24. The summed E-state index contributed by atoms with van der Waals surface area (Å²) in [4.78, 5) is 1.51. The van der Waals surface area contributed by atoms with E-state index in [-0.39, 0.29) is 0 Å². The van der Waals surface area contributed by atoms with Gasteiger partial charge in [0.1, 0.15) is 0 Å². The lowest BCUT2D eigenvalue weighted by molar-refractivity contribution is 0.513. The molecule has 0 saturated heterocycles. The molecular weight excluding hydrogens is 258 g/mol. The van der Waals surface area contributed by atoms with E-state index in [0.717, 1.165) is 11.8 Å². The van der Waals surface area contributed by atoms with Gasteiger partial charge in [-0.3, -0.25) is 0 Å². The predicted octanol–water partition coefficient (Wildman–Crippen LogP) is 4.85. The van der Waals surface area contributed by atoms with Crippen LogP contribution in [-0.2, 0) is 0 Å². The molecular formula is C15H25NS2. The van der Waals surface area contributed by atoms with E-state index in [2.05, 4.69) is 41.5 Å². The fourth-order valence-electron chi connectivity index (χ4n) is 2.51. The van der Waals surface area contributed by atoms with Gasteiger partial charge in [0, 0.05) is 15.9 Å². The minimum absolute atomic E-state index is 0.567. The summed E-state index contributed by atoms with van der Waals surface area (Å²) in [6, 6.07) is 5.02. The van der Waals surface area contributed by atoms with Gasteiger partial charge in [0.25, 0.3) is 0 Å². The zero-order chi connectivity index (χ0) is 12.6. The number of thioether (sulfide) groups is 1. The van der Waals surface area contributed by atoms with Crippen LogP contribution in [-0.4, -0.2) is 17.5 Å². The van der Waals surface area contributed by atoms with E-state index in [1.807, 2.05) is 11.3 Å². The Bertz CT molecular complexity index is 304. The Morgan fingerprint density at radius 1 is 1.39 bits per heavy atom. The van der Waals surface area contributed by atoms with Gasteiger partial charge in [-0.05, 0) is 37.3 Å². The van der Waals surface area contributed by atoms with Crippen molar-refractivity contribution in [3.8, 4) is 0 Å². The molecule has 0 aromatic carbocycles. The summed E-state index contributed by atoms with van der Waals surface area (Å²) in [5.74, 6) is 1.24. The maximum absolute atomic E-state index is 3.70. The van der Waals surface area contributed by atoms with Crippen LogP contribution in [0.3, 0.4) is 0 Å². The highest BCUT2D eigenvalue weighted by Gasteiger charge is 2.17. The van der Waals surface area contributed by atoms with Gasteiger partial charge < -0.3 is 5.32 Å². The van der Waals surface area contributed by atoms with Crippen molar-refractivity contribution < 1.29 is 0 Å². The van der Waals surface area contributed by atoms with Crippen molar-refractivity contribution in [1.29, 1.82) is 0 Å². The first-order valence-corrected chi connectivity index (χ1v) is 9.21. The maximum atomic E-state index is 3.70. The van der Waals surface area contributed by atoms with Gasteiger partial charge in [0.2, 0.25) is 0 Å². The van der Waals surface area contributed by atoms with E-state index in [1.54, 1.807) is 0 Å². The number of rotatable bonds is 7. The molecule has 3 heteroatoms. The molecule has 1 saturated carbocycles. The third-order valence-corrected chi connectivity index (χ3v) is 6.03. The van der Waals surface area contributed by atoms with Crippen LogP contribution in [0.4, 0.5) is 0 Å². The van der Waals surface area contributed by atoms with Gasteiger partial charge >= 0.3 is 0 Å². The van der Waals surface area contributed by atoms with Gasteiger partial charge in [-0.25, -0.2) is 0 Å². The second-order valence-electron chi connectivity index (χ2n) is 5.12. The monoisotopic (exact) mass is 283 g/mol. The average molecular weight is 284 g/mol. The number of hydrogen-bond donors (Lipinski definition) is 1. The fourth-order valence-corrected chi connectivity index (χ4v) is 4.85. The normalized spacial score (nSPS) is 18.9. The smallest absolute Gasteiger partial charge is 0.0506 e. The van der Waals surface area contributed by atoms with Crippen molar-refractivity contribution in [2.24, 2.45) is 0 Å². The summed E-state index contributed by atoms with van der Waals surface area (Å²) in [7, 11) is 0. The van der Waals surface area contributed by atoms with Crippen molar-refractivity contribution in [2.75, 3.05) is 12.3 Å². The largest absolute Gasteiger partial charge is 0.309 e. The van der Waals surface area contributed by atoms with Crippen molar-refractivity contribution in [3.63, 3.8) is 0 Å². The Balaban J connectivity index is 1.80. The van der Waals surface area contributed by atoms with Gasteiger partial charge in [-0.2, -0.15) is 11.8 Å². The Hall–Kier alpha value is 0.01000. The summed E-state index contributed by atoms with van der Waals surface area (Å²) in [5.41, 5.74) is 0. The average Bonchev–Trinajstić information content (AvgIpc) is 2.94. The van der Waals surface area contributed by atoms with Crippen LogP contribution in [0, 0.1) is 0 Å². The minimum atomic E-state index is 0.567. The van der Waals surface area contributed by atoms with Gasteiger partial charge in [0.15, 0.2) is 0 Å². The topological polar surface area (TPSA) is 12.0 Å². The second-order valence-corrected chi connectivity index (χ2v) is 7.43. The lowest BCUT2D eigenvalue weighted by atomic mass is 10.0. The van der Waals surface area contributed by atoms with Crippen LogP contribution in [0.25, 0.3) is 0 Å². The molecule has 1 unspecified atom stereocenters. The van der Waals surface area contributed by atoms with Crippen LogP contribution in [0.2, 0.25) is 0 Å². The van der Waals surface area contributed by atoms with E-state index in [9.17, 15) is 0 Å². The van der Waals surface area contributed by atoms with Gasteiger partial charge in [-0.15, -0.1) is 11.3 Å². The first kappa shape index (κ1) is 14.4. The van der Waals surface area contributed by atoms with Crippen LogP contribution in [0.15, 0.2) is 17.5 Å². The summed E-state index contributed by atoms with van der Waals surface area (Å²) in [6.07, 6.45) is 8.45. The highest BCUT2D eigenvalue weighted by molar-refractivity contribution is 7.99. The fraction of sp³-hybridized carbons (Fsp3) is 0.733.